The minimum Gasteiger partial charge on any atom is -0.199 e. The molecule has 2 aromatic carbocycles. The Morgan fingerprint density at radius 1 is 0.952 bits per heavy atom. The number of thioether (sulfide) groups is 1. The van der Waals surface area contributed by atoms with Crippen molar-refractivity contribution in [3.05, 3.63) is 72.3 Å². The molecule has 0 fully saturated rings. The van der Waals surface area contributed by atoms with E-state index in [1.807, 2.05) is 0 Å². The van der Waals surface area contributed by atoms with E-state index >= 15 is 0 Å². The van der Waals surface area contributed by atoms with Crippen molar-refractivity contribution in [1.29, 1.82) is 0 Å². The number of nitrogens with zero attached hydrogens (tertiary/aromatic N) is 2. The molecule has 0 aliphatic rings. The van der Waals surface area contributed by atoms with Gasteiger partial charge >= 0.3 is 0 Å². The van der Waals surface area contributed by atoms with E-state index in [-0.39, 0.29) is 0 Å². The number of para-hydroxylation sites is 2. The number of aryl methyl sites for hydroxylation is 1. The van der Waals surface area contributed by atoms with Crippen LogP contribution >= 0.6 is 11.8 Å². The van der Waals surface area contributed by atoms with Crippen molar-refractivity contribution in [1.82, 2.24) is 4.57 Å². The van der Waals surface area contributed by atoms with Gasteiger partial charge in [0.15, 0.2) is 0 Å². The molecular formula is C18H19N2S+. The zero-order valence-electron chi connectivity index (χ0n) is 12.6. The Labute approximate surface area is 130 Å². The van der Waals surface area contributed by atoms with Crippen LogP contribution in [0.15, 0.2) is 65.8 Å². The predicted molar refractivity (Wildman–Crippen MR) is 88.6 cm³/mol. The average Bonchev–Trinajstić information content (AvgIpc) is 2.89. The minimum absolute atomic E-state index is 1.20. The summed E-state index contributed by atoms with van der Waals surface area (Å²) in [6.07, 6.45) is 6.39. The number of imidazole rings is 1. The Morgan fingerprint density at radius 3 is 2.43 bits per heavy atom. The number of hydrogen-bond acceptors (Lipinski definition) is 1. The Bertz CT molecular complexity index is 774. The Balaban J connectivity index is 2.14. The molecule has 3 heteroatoms. The van der Waals surface area contributed by atoms with Gasteiger partial charge in [0.1, 0.15) is 23.8 Å². The quantitative estimate of drug-likeness (QED) is 0.522. The highest BCUT2D eigenvalue weighted by Gasteiger charge is 2.18. The summed E-state index contributed by atoms with van der Waals surface area (Å²) in [5.74, 6) is 1.20. The van der Waals surface area contributed by atoms with Crippen molar-refractivity contribution in [2.75, 3.05) is 6.26 Å². The van der Waals surface area contributed by atoms with Crippen molar-refractivity contribution < 1.29 is 4.57 Å². The molecule has 106 valence electrons. The zero-order chi connectivity index (χ0) is 14.8. The van der Waals surface area contributed by atoms with Gasteiger partial charge < -0.3 is 0 Å². The van der Waals surface area contributed by atoms with Gasteiger partial charge in [-0.1, -0.05) is 30.3 Å². The van der Waals surface area contributed by atoms with Gasteiger partial charge in [-0.3, -0.25) is 0 Å². The van der Waals surface area contributed by atoms with E-state index in [4.69, 9.17) is 0 Å². The van der Waals surface area contributed by atoms with Crippen LogP contribution in [0.3, 0.4) is 0 Å². The van der Waals surface area contributed by atoms with Gasteiger partial charge in [0.25, 0.3) is 5.82 Å². The third-order valence-corrected chi connectivity index (χ3v) is 4.57. The van der Waals surface area contributed by atoms with Crippen LogP contribution in [-0.2, 0) is 0 Å². The molecule has 0 aliphatic heterocycles. The first-order valence-corrected chi connectivity index (χ1v) is 8.24. The first-order chi connectivity index (χ1) is 10.2. The summed E-state index contributed by atoms with van der Waals surface area (Å²) >= 11 is 1.78. The fraction of sp³-hybridized carbons (Fsp3) is 0.167. The summed E-state index contributed by atoms with van der Waals surface area (Å²) in [5.41, 5.74) is 3.74. The van der Waals surface area contributed by atoms with Gasteiger partial charge in [0.2, 0.25) is 0 Å². The highest BCUT2D eigenvalue weighted by atomic mass is 32.2. The fourth-order valence-electron chi connectivity index (χ4n) is 2.64. The average molecular weight is 295 g/mol. The van der Waals surface area contributed by atoms with E-state index in [2.05, 4.69) is 90.2 Å². The van der Waals surface area contributed by atoms with Gasteiger partial charge in [0.05, 0.1) is 4.90 Å². The first kappa shape index (κ1) is 14.0. The SMILES string of the molecule is CSc1ccccc1-n1cc[n+](-c2ccccc2C)c1C. The second kappa shape index (κ2) is 5.78. The standard InChI is InChI=1S/C18H19N2S/c1-14-8-4-5-9-16(14)19-12-13-20(15(19)2)17-10-6-7-11-18(17)21-3/h4-13H,1-3H3/q+1. The van der Waals surface area contributed by atoms with Gasteiger partial charge in [-0.15, -0.1) is 11.8 Å². The largest absolute Gasteiger partial charge is 0.263 e. The minimum atomic E-state index is 1.20. The lowest BCUT2D eigenvalue weighted by molar-refractivity contribution is -0.602. The van der Waals surface area contributed by atoms with Crippen molar-refractivity contribution in [3.63, 3.8) is 0 Å². The topological polar surface area (TPSA) is 8.81 Å². The molecule has 0 unspecified atom stereocenters. The fourth-order valence-corrected chi connectivity index (χ4v) is 3.23. The molecule has 0 spiro atoms. The summed E-state index contributed by atoms with van der Waals surface area (Å²) in [5, 5.41) is 0. The van der Waals surface area contributed by atoms with E-state index in [9.17, 15) is 0 Å². The van der Waals surface area contributed by atoms with E-state index in [1.165, 1.54) is 27.7 Å². The number of hydrogen-bond donors (Lipinski definition) is 0. The van der Waals surface area contributed by atoms with Gasteiger partial charge in [-0.2, -0.15) is 9.13 Å². The molecule has 21 heavy (non-hydrogen) atoms. The molecule has 0 bridgehead atoms. The molecule has 1 aromatic heterocycles. The second-order valence-electron chi connectivity index (χ2n) is 5.04. The van der Waals surface area contributed by atoms with Crippen LogP contribution in [0.25, 0.3) is 11.4 Å². The molecule has 0 saturated heterocycles. The van der Waals surface area contributed by atoms with E-state index in [0.717, 1.165) is 0 Å². The predicted octanol–water partition coefficient (Wildman–Crippen LogP) is 4.09. The highest BCUT2D eigenvalue weighted by Crippen LogP contribution is 2.24. The third kappa shape index (κ3) is 2.49. The lowest BCUT2D eigenvalue weighted by atomic mass is 10.2. The molecule has 0 radical (unpaired) electrons. The van der Waals surface area contributed by atoms with Crippen molar-refractivity contribution in [2.45, 2.75) is 18.7 Å². The van der Waals surface area contributed by atoms with Crippen LogP contribution in [0.4, 0.5) is 0 Å². The van der Waals surface area contributed by atoms with Gasteiger partial charge in [-0.05, 0) is 36.9 Å². The lowest BCUT2D eigenvalue weighted by Crippen LogP contribution is -2.33. The summed E-state index contributed by atoms with van der Waals surface area (Å²) in [4.78, 5) is 1.29. The Hall–Kier alpha value is -2.00. The molecule has 0 amide bonds. The molecule has 0 N–H and O–H groups in total. The highest BCUT2D eigenvalue weighted by molar-refractivity contribution is 7.98. The summed E-state index contributed by atoms with van der Waals surface area (Å²) in [6, 6.07) is 17.0. The molecule has 0 saturated carbocycles. The monoisotopic (exact) mass is 295 g/mol. The first-order valence-electron chi connectivity index (χ1n) is 7.01. The third-order valence-electron chi connectivity index (χ3n) is 3.78. The Kier molecular flexibility index (Phi) is 3.84. The van der Waals surface area contributed by atoms with E-state index in [0.29, 0.717) is 0 Å². The molecule has 1 heterocycles. The molecule has 3 rings (SSSR count). The number of benzene rings is 2. The molecule has 0 aliphatic carbocycles. The summed E-state index contributed by atoms with van der Waals surface area (Å²) in [6.45, 7) is 4.30. The zero-order valence-corrected chi connectivity index (χ0v) is 13.4. The van der Waals surface area contributed by atoms with Crippen molar-refractivity contribution in [3.8, 4) is 11.4 Å². The van der Waals surface area contributed by atoms with E-state index < -0.39 is 0 Å². The van der Waals surface area contributed by atoms with E-state index in [1.54, 1.807) is 11.8 Å². The normalized spacial score (nSPS) is 10.8. The second-order valence-corrected chi connectivity index (χ2v) is 5.89. The molecule has 3 aromatic rings. The number of aromatic nitrogens is 2. The van der Waals surface area contributed by atoms with Crippen molar-refractivity contribution >= 4 is 11.8 Å². The lowest BCUT2D eigenvalue weighted by Gasteiger charge is -2.06. The molecule has 0 atom stereocenters. The van der Waals surface area contributed by atoms with Crippen LogP contribution < -0.4 is 4.57 Å². The number of rotatable bonds is 3. The van der Waals surface area contributed by atoms with Crippen LogP contribution in [0, 0.1) is 13.8 Å². The van der Waals surface area contributed by atoms with Gasteiger partial charge in [-0.25, -0.2) is 0 Å². The maximum absolute atomic E-state index is 2.25. The Morgan fingerprint density at radius 2 is 1.67 bits per heavy atom. The van der Waals surface area contributed by atoms with Crippen LogP contribution in [0.2, 0.25) is 0 Å². The van der Waals surface area contributed by atoms with Crippen LogP contribution in [-0.4, -0.2) is 10.8 Å². The molecular weight excluding hydrogens is 276 g/mol. The van der Waals surface area contributed by atoms with Gasteiger partial charge in [0, 0.05) is 6.92 Å². The van der Waals surface area contributed by atoms with Crippen molar-refractivity contribution in [2.24, 2.45) is 0 Å². The summed E-state index contributed by atoms with van der Waals surface area (Å²) in [7, 11) is 0. The van der Waals surface area contributed by atoms with Crippen LogP contribution in [0.1, 0.15) is 11.4 Å². The smallest absolute Gasteiger partial charge is 0.199 e. The maximum Gasteiger partial charge on any atom is 0.263 e. The summed E-state index contributed by atoms with van der Waals surface area (Å²) < 4.78 is 4.49. The van der Waals surface area contributed by atoms with Crippen LogP contribution in [0.5, 0.6) is 0 Å². The molecule has 2 nitrogen and oxygen atoms in total. The maximum atomic E-state index is 2.25.